The molecule has 0 amide bonds. The van der Waals surface area contributed by atoms with Crippen molar-refractivity contribution in [3.8, 4) is 5.75 Å². The molecule has 0 radical (unpaired) electrons. The Hall–Kier alpha value is -1.81. The Morgan fingerprint density at radius 2 is 1.92 bits per heavy atom. The van der Waals surface area contributed by atoms with E-state index in [1.807, 2.05) is 18.2 Å². The van der Waals surface area contributed by atoms with Gasteiger partial charge in [0.1, 0.15) is 0 Å². The summed E-state index contributed by atoms with van der Waals surface area (Å²) in [5.41, 5.74) is 2.41. The fraction of sp³-hybridized carbons (Fsp3) is 0.381. The van der Waals surface area contributed by atoms with E-state index in [2.05, 4.69) is 37.3 Å². The topological polar surface area (TPSA) is 44.8 Å². The summed E-state index contributed by atoms with van der Waals surface area (Å²) in [5.74, 6) is 0.400. The Kier molecular flexibility index (Phi) is 8.17. The van der Waals surface area contributed by atoms with Crippen LogP contribution in [0.25, 0.3) is 0 Å². The van der Waals surface area contributed by atoms with Crippen LogP contribution >= 0.6 is 0 Å². The van der Waals surface area contributed by atoms with E-state index in [0.29, 0.717) is 6.61 Å². The molecule has 2 aromatic rings. The molecule has 0 bridgehead atoms. The first-order valence-electron chi connectivity index (χ1n) is 8.69. The number of carbonyl (C=O) groups is 1. The maximum atomic E-state index is 11.8. The molecule has 0 saturated heterocycles. The van der Waals surface area contributed by atoms with Gasteiger partial charge in [-0.3, -0.25) is 0 Å². The molecule has 0 aliphatic heterocycles. The Labute approximate surface area is 162 Å². The van der Waals surface area contributed by atoms with Crippen LogP contribution in [0.1, 0.15) is 31.1 Å². The number of benzene rings is 2. The summed E-state index contributed by atoms with van der Waals surface area (Å²) in [5, 5.41) is 0.890. The van der Waals surface area contributed by atoms with Gasteiger partial charge in [0.25, 0.3) is 0 Å². The Bertz CT molecular complexity index is 717. The number of methoxy groups -OCH3 is 1. The molecule has 0 aliphatic rings. The van der Waals surface area contributed by atoms with E-state index in [0.717, 1.165) is 15.5 Å². The van der Waals surface area contributed by atoms with Crippen LogP contribution in [0.15, 0.2) is 48.5 Å². The standard InChI is InChI=1S/C21H26O4Se/c1-5-24-21(22)16(3)25-18-11-6-7-12-20(18)26-14-19(23-4)17-10-8-9-15(2)13-17/h6-13,16,19H,5,14H2,1-4H3/t16-,19+/m1/s1. The third-order valence-corrected chi connectivity index (χ3v) is 6.21. The van der Waals surface area contributed by atoms with Crippen molar-refractivity contribution in [3.63, 3.8) is 0 Å². The van der Waals surface area contributed by atoms with E-state index < -0.39 is 6.10 Å². The number of hydrogen-bond acceptors (Lipinski definition) is 4. The predicted octanol–water partition coefficient (Wildman–Crippen LogP) is 3.46. The number of ether oxygens (including phenoxy) is 3. The van der Waals surface area contributed by atoms with Crippen LogP contribution in [0.5, 0.6) is 5.75 Å². The van der Waals surface area contributed by atoms with Gasteiger partial charge in [-0.1, -0.05) is 0 Å². The fourth-order valence-corrected chi connectivity index (χ4v) is 4.79. The first-order valence-corrected chi connectivity index (χ1v) is 10.8. The van der Waals surface area contributed by atoms with Crippen LogP contribution in [-0.2, 0) is 14.3 Å². The molecule has 2 rings (SSSR count). The second-order valence-corrected chi connectivity index (χ2v) is 8.14. The molecule has 0 N–H and O–H groups in total. The molecule has 0 saturated carbocycles. The molecule has 2 aromatic carbocycles. The zero-order chi connectivity index (χ0) is 18.9. The van der Waals surface area contributed by atoms with E-state index in [1.165, 1.54) is 11.1 Å². The van der Waals surface area contributed by atoms with Crippen molar-refractivity contribution < 1.29 is 19.0 Å². The normalized spacial score (nSPS) is 13.1. The van der Waals surface area contributed by atoms with Crippen molar-refractivity contribution in [3.05, 3.63) is 59.7 Å². The van der Waals surface area contributed by atoms with E-state index in [-0.39, 0.29) is 27.0 Å². The third-order valence-electron chi connectivity index (χ3n) is 3.86. The molecule has 0 unspecified atom stereocenters. The van der Waals surface area contributed by atoms with Gasteiger partial charge in [-0.15, -0.1) is 0 Å². The molecule has 0 fully saturated rings. The average Bonchev–Trinajstić information content (AvgIpc) is 2.63. The Morgan fingerprint density at radius 1 is 1.15 bits per heavy atom. The second kappa shape index (κ2) is 10.4. The van der Waals surface area contributed by atoms with Crippen LogP contribution in [0.3, 0.4) is 0 Å². The van der Waals surface area contributed by atoms with Crippen LogP contribution in [0, 0.1) is 6.92 Å². The number of esters is 1. The summed E-state index contributed by atoms with van der Waals surface area (Å²) in [6.07, 6.45) is -0.577. The van der Waals surface area contributed by atoms with Gasteiger partial charge in [0.2, 0.25) is 0 Å². The van der Waals surface area contributed by atoms with Crippen molar-refractivity contribution in [2.45, 2.75) is 38.3 Å². The van der Waals surface area contributed by atoms with Gasteiger partial charge < -0.3 is 0 Å². The molecular formula is C21H26O4Se. The number of rotatable bonds is 9. The average molecular weight is 421 g/mol. The van der Waals surface area contributed by atoms with Crippen LogP contribution in [0.4, 0.5) is 0 Å². The molecule has 140 valence electrons. The number of hydrogen-bond donors (Lipinski definition) is 0. The number of aryl methyl sites for hydroxylation is 1. The summed E-state index contributed by atoms with van der Waals surface area (Å²) in [6, 6.07) is 16.3. The molecule has 0 spiro atoms. The molecule has 26 heavy (non-hydrogen) atoms. The Balaban J connectivity index is 2.06. The van der Waals surface area contributed by atoms with E-state index >= 15 is 0 Å². The summed E-state index contributed by atoms with van der Waals surface area (Å²) >= 11 is 0.148. The van der Waals surface area contributed by atoms with E-state index in [9.17, 15) is 4.79 Å². The number of para-hydroxylation sites is 1. The molecule has 2 atom stereocenters. The molecule has 0 aliphatic carbocycles. The first kappa shape index (κ1) is 20.5. The molecule has 4 nitrogen and oxygen atoms in total. The molecule has 0 aromatic heterocycles. The number of carbonyl (C=O) groups excluding carboxylic acids is 1. The first-order chi connectivity index (χ1) is 12.5. The van der Waals surface area contributed by atoms with Crippen molar-refractivity contribution in [1.29, 1.82) is 0 Å². The monoisotopic (exact) mass is 422 g/mol. The SMILES string of the molecule is CCOC(=O)[C@@H](C)Oc1ccccc1[Se]C[C@H](OC)c1cccc(C)c1. The summed E-state index contributed by atoms with van der Waals surface area (Å²) in [7, 11) is 1.74. The van der Waals surface area contributed by atoms with Crippen LogP contribution in [0.2, 0.25) is 5.32 Å². The summed E-state index contributed by atoms with van der Waals surface area (Å²) < 4.78 is 17.7. The molecule has 5 heteroatoms. The van der Waals surface area contributed by atoms with Crippen molar-refractivity contribution in [2.75, 3.05) is 13.7 Å². The zero-order valence-corrected chi connectivity index (χ0v) is 17.4. The van der Waals surface area contributed by atoms with Crippen molar-refractivity contribution in [2.24, 2.45) is 0 Å². The van der Waals surface area contributed by atoms with Crippen molar-refractivity contribution >= 4 is 25.4 Å². The maximum absolute atomic E-state index is 11.8. The van der Waals surface area contributed by atoms with Gasteiger partial charge in [-0.2, -0.15) is 0 Å². The summed E-state index contributed by atoms with van der Waals surface area (Å²) in [4.78, 5) is 11.8. The third kappa shape index (κ3) is 5.87. The Morgan fingerprint density at radius 3 is 2.62 bits per heavy atom. The molecule has 0 heterocycles. The summed E-state index contributed by atoms with van der Waals surface area (Å²) in [6.45, 7) is 5.94. The van der Waals surface area contributed by atoms with E-state index in [4.69, 9.17) is 14.2 Å². The van der Waals surface area contributed by atoms with Gasteiger partial charge in [-0.05, 0) is 0 Å². The van der Waals surface area contributed by atoms with Gasteiger partial charge in [0.05, 0.1) is 0 Å². The second-order valence-electron chi connectivity index (χ2n) is 5.91. The van der Waals surface area contributed by atoms with Crippen molar-refractivity contribution in [1.82, 2.24) is 0 Å². The minimum atomic E-state index is -0.623. The van der Waals surface area contributed by atoms with Crippen LogP contribution < -0.4 is 9.20 Å². The van der Waals surface area contributed by atoms with Gasteiger partial charge >= 0.3 is 162 Å². The fourth-order valence-electron chi connectivity index (χ4n) is 2.50. The minimum absolute atomic E-state index is 0.0467. The molecular weight excluding hydrogens is 395 g/mol. The van der Waals surface area contributed by atoms with Gasteiger partial charge in [0, 0.05) is 0 Å². The predicted molar refractivity (Wildman–Crippen MR) is 104 cm³/mol. The zero-order valence-electron chi connectivity index (χ0n) is 15.7. The van der Waals surface area contributed by atoms with E-state index in [1.54, 1.807) is 21.0 Å². The quantitative estimate of drug-likeness (QED) is 0.460. The van der Waals surface area contributed by atoms with Crippen LogP contribution in [-0.4, -0.2) is 40.7 Å². The van der Waals surface area contributed by atoms with Gasteiger partial charge in [0.15, 0.2) is 0 Å². The van der Waals surface area contributed by atoms with Gasteiger partial charge in [-0.25, -0.2) is 0 Å².